The Balaban J connectivity index is 1.55. The fourth-order valence-electron chi connectivity index (χ4n) is 2.88. The van der Waals surface area contributed by atoms with Gasteiger partial charge in [0.25, 0.3) is 0 Å². The van der Waals surface area contributed by atoms with Gasteiger partial charge in [-0.25, -0.2) is 4.99 Å². The summed E-state index contributed by atoms with van der Waals surface area (Å²) in [7, 11) is 3.46. The molecule has 0 bridgehead atoms. The number of guanidine groups is 1. The quantitative estimate of drug-likeness (QED) is 0.412. The Morgan fingerprint density at radius 3 is 2.64 bits per heavy atom. The minimum Gasteiger partial charge on any atom is -0.469 e. The molecule has 0 aliphatic rings. The molecule has 28 heavy (non-hydrogen) atoms. The van der Waals surface area contributed by atoms with Crippen molar-refractivity contribution < 1.29 is 9.21 Å². The third kappa shape index (κ3) is 5.39. The molecule has 0 atom stereocenters. The monoisotopic (exact) mass is 381 g/mol. The molecule has 0 saturated carbocycles. The number of nitrogens with one attached hydrogen (secondary N) is 3. The summed E-state index contributed by atoms with van der Waals surface area (Å²) in [5.41, 5.74) is 2.39. The Morgan fingerprint density at radius 1 is 1.11 bits per heavy atom. The third-order valence-corrected chi connectivity index (χ3v) is 4.48. The minimum atomic E-state index is -0.0382. The van der Waals surface area contributed by atoms with Gasteiger partial charge in [-0.15, -0.1) is 0 Å². The maximum atomic E-state index is 11.9. The van der Waals surface area contributed by atoms with Crippen molar-refractivity contribution in [3.63, 3.8) is 0 Å². The first-order valence-electron chi connectivity index (χ1n) is 9.43. The van der Waals surface area contributed by atoms with Gasteiger partial charge in [0.2, 0.25) is 5.91 Å². The zero-order valence-electron chi connectivity index (χ0n) is 16.4. The van der Waals surface area contributed by atoms with Crippen LogP contribution in [0.15, 0.2) is 58.3 Å². The van der Waals surface area contributed by atoms with Crippen LogP contribution in [0.4, 0.5) is 0 Å². The van der Waals surface area contributed by atoms with E-state index in [4.69, 9.17) is 4.42 Å². The van der Waals surface area contributed by atoms with E-state index < -0.39 is 0 Å². The highest BCUT2D eigenvalue weighted by atomic mass is 16.3. The molecule has 3 rings (SSSR count). The van der Waals surface area contributed by atoms with Gasteiger partial charge in [-0.1, -0.05) is 18.2 Å². The first-order chi connectivity index (χ1) is 13.6. The summed E-state index contributed by atoms with van der Waals surface area (Å²) in [6.45, 7) is 1.49. The number of rotatable bonds is 8. The van der Waals surface area contributed by atoms with Crippen LogP contribution in [0.5, 0.6) is 0 Å². The Morgan fingerprint density at radius 2 is 1.89 bits per heavy atom. The topological polar surface area (TPSA) is 85.7 Å². The summed E-state index contributed by atoms with van der Waals surface area (Å²) in [6.07, 6.45) is 5.31. The van der Waals surface area contributed by atoms with Crippen LogP contribution in [0.3, 0.4) is 0 Å². The van der Waals surface area contributed by atoms with E-state index in [1.54, 1.807) is 20.4 Å². The van der Waals surface area contributed by atoms with Crippen molar-refractivity contribution in [2.45, 2.75) is 12.8 Å². The van der Waals surface area contributed by atoms with Crippen LogP contribution in [-0.2, 0) is 17.6 Å². The van der Waals surface area contributed by atoms with E-state index in [2.05, 4.69) is 32.7 Å². The lowest BCUT2D eigenvalue weighted by Crippen LogP contribution is -2.40. The average molecular weight is 381 g/mol. The number of fused-ring (bicyclic) bond motifs is 1. The van der Waals surface area contributed by atoms with E-state index in [1.807, 2.05) is 30.5 Å². The second-order valence-corrected chi connectivity index (χ2v) is 6.75. The number of nitrogens with zero attached hydrogens (tertiary/aromatic N) is 2. The molecule has 2 heterocycles. The SMILES string of the molecule is CN(C)C(=O)CN=C(NCCc1ccco1)NCCc1c[nH]c2ccccc12. The molecule has 0 aliphatic heterocycles. The number of para-hydroxylation sites is 1. The molecule has 148 valence electrons. The minimum absolute atomic E-state index is 0.0382. The van der Waals surface area contributed by atoms with Crippen LogP contribution in [0, 0.1) is 0 Å². The van der Waals surface area contributed by atoms with Crippen molar-refractivity contribution in [1.29, 1.82) is 0 Å². The lowest BCUT2D eigenvalue weighted by atomic mass is 10.1. The average Bonchev–Trinajstić information content (AvgIpc) is 3.35. The number of H-pyrrole nitrogens is 1. The molecule has 3 N–H and O–H groups in total. The van der Waals surface area contributed by atoms with Crippen LogP contribution < -0.4 is 10.6 Å². The zero-order chi connectivity index (χ0) is 19.8. The largest absolute Gasteiger partial charge is 0.469 e. The maximum absolute atomic E-state index is 11.9. The van der Waals surface area contributed by atoms with Crippen molar-refractivity contribution in [1.82, 2.24) is 20.5 Å². The van der Waals surface area contributed by atoms with Gasteiger partial charge in [0.1, 0.15) is 12.3 Å². The van der Waals surface area contributed by atoms with Gasteiger partial charge in [0.05, 0.1) is 6.26 Å². The van der Waals surface area contributed by atoms with E-state index >= 15 is 0 Å². The molecular weight excluding hydrogens is 354 g/mol. The second kappa shape index (κ2) is 9.64. The van der Waals surface area contributed by atoms with E-state index in [-0.39, 0.29) is 12.5 Å². The lowest BCUT2D eigenvalue weighted by Gasteiger charge is -2.13. The second-order valence-electron chi connectivity index (χ2n) is 6.75. The van der Waals surface area contributed by atoms with E-state index in [0.717, 1.165) is 24.1 Å². The molecule has 2 aromatic heterocycles. The molecule has 3 aromatic rings. The van der Waals surface area contributed by atoms with Crippen molar-refractivity contribution >= 4 is 22.8 Å². The number of furan rings is 1. The number of benzene rings is 1. The van der Waals surface area contributed by atoms with Crippen LogP contribution in [-0.4, -0.2) is 55.5 Å². The molecule has 1 amide bonds. The summed E-state index contributed by atoms with van der Waals surface area (Å²) >= 11 is 0. The van der Waals surface area contributed by atoms with Gasteiger partial charge in [-0.3, -0.25) is 4.79 Å². The Bertz CT molecular complexity index is 912. The molecule has 0 fully saturated rings. The molecule has 0 aliphatic carbocycles. The maximum Gasteiger partial charge on any atom is 0.243 e. The van der Waals surface area contributed by atoms with Crippen LogP contribution in [0.25, 0.3) is 10.9 Å². The smallest absolute Gasteiger partial charge is 0.243 e. The van der Waals surface area contributed by atoms with Gasteiger partial charge in [0, 0.05) is 50.7 Å². The van der Waals surface area contributed by atoms with Crippen molar-refractivity contribution in [3.8, 4) is 0 Å². The predicted octanol–water partition coefficient (Wildman–Crippen LogP) is 2.17. The number of likely N-dealkylation sites (N-methyl/N-ethyl adjacent to an activating group) is 1. The number of hydrogen-bond acceptors (Lipinski definition) is 3. The third-order valence-electron chi connectivity index (χ3n) is 4.48. The van der Waals surface area contributed by atoms with Crippen molar-refractivity contribution in [2.24, 2.45) is 4.99 Å². The number of aromatic amines is 1. The standard InChI is InChI=1S/C21H27N5O2/c1-26(2)20(27)15-25-21(23-12-10-17-6-5-13-28-17)22-11-9-16-14-24-19-8-4-3-7-18(16)19/h3-8,13-14,24H,9-12,15H2,1-2H3,(H2,22,23,25). The van der Waals surface area contributed by atoms with E-state index in [1.165, 1.54) is 15.8 Å². The van der Waals surface area contributed by atoms with Gasteiger partial charge in [-0.2, -0.15) is 0 Å². The molecule has 0 spiro atoms. The Labute approximate surface area is 164 Å². The number of carbonyl (C=O) groups excluding carboxylic acids is 1. The number of aliphatic imine (C=N–C) groups is 1. The van der Waals surface area contributed by atoms with Gasteiger partial charge >= 0.3 is 0 Å². The summed E-state index contributed by atoms with van der Waals surface area (Å²) < 4.78 is 5.35. The molecule has 7 nitrogen and oxygen atoms in total. The summed E-state index contributed by atoms with van der Waals surface area (Å²) in [6, 6.07) is 12.1. The first kappa shape index (κ1) is 19.5. The summed E-state index contributed by atoms with van der Waals surface area (Å²) in [4.78, 5) is 21.1. The van der Waals surface area contributed by atoms with E-state index in [9.17, 15) is 4.79 Å². The molecule has 0 saturated heterocycles. The molecular formula is C21H27N5O2. The zero-order valence-corrected chi connectivity index (χ0v) is 16.4. The van der Waals surface area contributed by atoms with Gasteiger partial charge < -0.3 is 24.9 Å². The highest BCUT2D eigenvalue weighted by Gasteiger charge is 2.06. The Kier molecular flexibility index (Phi) is 6.73. The predicted molar refractivity (Wildman–Crippen MR) is 111 cm³/mol. The number of aromatic nitrogens is 1. The van der Waals surface area contributed by atoms with Crippen LogP contribution in [0.2, 0.25) is 0 Å². The van der Waals surface area contributed by atoms with Gasteiger partial charge in [0.15, 0.2) is 5.96 Å². The Hall–Kier alpha value is -3.22. The summed E-state index contributed by atoms with van der Waals surface area (Å²) in [5.74, 6) is 1.50. The number of carbonyl (C=O) groups is 1. The molecule has 0 radical (unpaired) electrons. The lowest BCUT2D eigenvalue weighted by molar-refractivity contribution is -0.127. The first-order valence-corrected chi connectivity index (χ1v) is 9.43. The van der Waals surface area contributed by atoms with Crippen molar-refractivity contribution in [3.05, 3.63) is 60.2 Å². The van der Waals surface area contributed by atoms with Crippen LogP contribution in [0.1, 0.15) is 11.3 Å². The number of amides is 1. The fraction of sp³-hybridized carbons (Fsp3) is 0.333. The molecule has 7 heteroatoms. The van der Waals surface area contributed by atoms with Crippen molar-refractivity contribution in [2.75, 3.05) is 33.7 Å². The molecule has 1 aromatic carbocycles. The summed E-state index contributed by atoms with van der Waals surface area (Å²) in [5, 5.41) is 7.82. The normalized spacial score (nSPS) is 11.6. The van der Waals surface area contributed by atoms with Gasteiger partial charge in [-0.05, 0) is 30.2 Å². The fourth-order valence-corrected chi connectivity index (χ4v) is 2.88. The highest BCUT2D eigenvalue weighted by molar-refractivity contribution is 5.85. The molecule has 0 unspecified atom stereocenters. The van der Waals surface area contributed by atoms with E-state index in [0.29, 0.717) is 19.0 Å². The van der Waals surface area contributed by atoms with Crippen LogP contribution >= 0.6 is 0 Å². The highest BCUT2D eigenvalue weighted by Crippen LogP contribution is 2.17. The number of hydrogen-bond donors (Lipinski definition) is 3.